The summed E-state index contributed by atoms with van der Waals surface area (Å²) in [4.78, 5) is 15.8. The van der Waals surface area contributed by atoms with E-state index in [4.69, 9.17) is 4.74 Å². The highest BCUT2D eigenvalue weighted by atomic mass is 16.6. The van der Waals surface area contributed by atoms with Gasteiger partial charge in [-0.1, -0.05) is 0 Å². The van der Waals surface area contributed by atoms with Crippen LogP contribution in [0.1, 0.15) is 53.0 Å². The number of aromatic nitrogens is 2. The second kappa shape index (κ2) is 7.13. The number of nitrogens with one attached hydrogen (secondary N) is 2. The van der Waals surface area contributed by atoms with Gasteiger partial charge in [0.1, 0.15) is 5.60 Å². The summed E-state index contributed by atoms with van der Waals surface area (Å²) in [5, 5.41) is 6.44. The van der Waals surface area contributed by atoms with E-state index in [1.165, 1.54) is 12.8 Å². The molecule has 0 aliphatic heterocycles. The molecule has 1 aliphatic carbocycles. The number of hydrogen-bond acceptors (Lipinski definition) is 4. The normalized spacial score (nSPS) is 23.3. The second-order valence-electron chi connectivity index (χ2n) is 7.07. The number of carbonyl (C=O) groups is 1. The highest BCUT2D eigenvalue weighted by molar-refractivity contribution is 5.67. The number of amides is 1. The molecule has 0 radical (unpaired) electrons. The minimum absolute atomic E-state index is 0.196. The van der Waals surface area contributed by atoms with Gasteiger partial charge < -0.3 is 19.9 Å². The first kappa shape index (κ1) is 16.8. The molecule has 6 nitrogen and oxygen atoms in total. The van der Waals surface area contributed by atoms with Crippen molar-refractivity contribution in [2.75, 3.05) is 6.54 Å². The molecule has 6 heteroatoms. The van der Waals surface area contributed by atoms with Crippen LogP contribution in [-0.2, 0) is 4.74 Å². The molecule has 22 heavy (non-hydrogen) atoms. The highest BCUT2D eigenvalue weighted by Gasteiger charge is 2.29. The molecule has 2 rings (SSSR count). The Bertz CT molecular complexity index is 467. The van der Waals surface area contributed by atoms with Gasteiger partial charge in [0, 0.05) is 37.1 Å². The minimum atomic E-state index is -0.460. The molecule has 1 aliphatic rings. The third-order valence-electron chi connectivity index (χ3n) is 3.84. The van der Waals surface area contributed by atoms with Gasteiger partial charge >= 0.3 is 6.09 Å². The Hall–Kier alpha value is -1.56. The van der Waals surface area contributed by atoms with E-state index in [1.54, 1.807) is 0 Å². The maximum absolute atomic E-state index is 11.7. The number of imidazole rings is 1. The number of alkyl carbamates (subject to hydrolysis) is 1. The largest absolute Gasteiger partial charge is 0.444 e. The molecule has 1 aromatic heterocycles. The molecule has 1 aromatic rings. The average molecular weight is 308 g/mol. The van der Waals surface area contributed by atoms with Crippen LogP contribution in [0, 0.1) is 0 Å². The van der Waals surface area contributed by atoms with Crippen molar-refractivity contribution in [1.29, 1.82) is 0 Å². The third kappa shape index (κ3) is 5.02. The molecule has 0 aromatic carbocycles. The summed E-state index contributed by atoms with van der Waals surface area (Å²) in [6.07, 6.45) is 8.90. The predicted octanol–water partition coefficient (Wildman–Crippen LogP) is 2.48. The molecule has 0 bridgehead atoms. The lowest BCUT2D eigenvalue weighted by Gasteiger charge is -2.26. The van der Waals surface area contributed by atoms with Gasteiger partial charge in [-0.15, -0.1) is 0 Å². The van der Waals surface area contributed by atoms with Crippen LogP contribution in [-0.4, -0.2) is 39.9 Å². The number of carbonyl (C=O) groups excluding carboxylic acids is 1. The van der Waals surface area contributed by atoms with Crippen molar-refractivity contribution in [3.8, 4) is 0 Å². The minimum Gasteiger partial charge on any atom is -0.444 e. The van der Waals surface area contributed by atoms with Crippen molar-refractivity contribution < 1.29 is 9.53 Å². The summed E-state index contributed by atoms with van der Waals surface area (Å²) in [5.41, 5.74) is -0.460. The zero-order valence-corrected chi connectivity index (χ0v) is 14.0. The number of ether oxygens (including phenoxy) is 1. The van der Waals surface area contributed by atoms with Crippen molar-refractivity contribution in [1.82, 2.24) is 20.2 Å². The van der Waals surface area contributed by atoms with E-state index in [-0.39, 0.29) is 12.1 Å². The van der Waals surface area contributed by atoms with Gasteiger partial charge in [0.25, 0.3) is 0 Å². The summed E-state index contributed by atoms with van der Waals surface area (Å²) in [6.45, 7) is 8.23. The SMILES string of the molecule is CC(CNC(=O)OC(C)(C)C)NC1CCCC1n1ccnc1. The van der Waals surface area contributed by atoms with E-state index in [2.05, 4.69) is 27.1 Å². The Labute approximate surface area is 132 Å². The van der Waals surface area contributed by atoms with E-state index >= 15 is 0 Å². The van der Waals surface area contributed by atoms with Crippen molar-refractivity contribution >= 4 is 6.09 Å². The smallest absolute Gasteiger partial charge is 0.407 e. The van der Waals surface area contributed by atoms with Crippen LogP contribution in [0.2, 0.25) is 0 Å². The number of rotatable bonds is 5. The van der Waals surface area contributed by atoms with E-state index in [0.29, 0.717) is 18.6 Å². The quantitative estimate of drug-likeness (QED) is 0.877. The van der Waals surface area contributed by atoms with Crippen LogP contribution in [0.25, 0.3) is 0 Å². The van der Waals surface area contributed by atoms with Gasteiger partial charge in [-0.3, -0.25) is 0 Å². The summed E-state index contributed by atoms with van der Waals surface area (Å²) in [7, 11) is 0. The summed E-state index contributed by atoms with van der Waals surface area (Å²) < 4.78 is 7.43. The monoisotopic (exact) mass is 308 g/mol. The molecule has 0 saturated heterocycles. The molecule has 1 fully saturated rings. The lowest BCUT2D eigenvalue weighted by Crippen LogP contribution is -2.46. The molecule has 1 amide bonds. The first-order chi connectivity index (χ1) is 10.3. The molecule has 3 atom stereocenters. The maximum atomic E-state index is 11.7. The molecule has 2 N–H and O–H groups in total. The molecular weight excluding hydrogens is 280 g/mol. The van der Waals surface area contributed by atoms with Gasteiger partial charge in [-0.05, 0) is 47.0 Å². The standard InChI is InChI=1S/C16H28N4O2/c1-12(10-18-15(21)22-16(2,3)4)19-13-6-5-7-14(13)20-9-8-17-11-20/h8-9,11-14,19H,5-7,10H2,1-4H3,(H,18,21). The lowest BCUT2D eigenvalue weighted by molar-refractivity contribution is 0.0522. The summed E-state index contributed by atoms with van der Waals surface area (Å²) >= 11 is 0. The first-order valence-corrected chi connectivity index (χ1v) is 8.05. The molecule has 3 unspecified atom stereocenters. The van der Waals surface area contributed by atoms with E-state index in [0.717, 1.165) is 6.42 Å². The lowest BCUT2D eigenvalue weighted by atomic mass is 10.1. The van der Waals surface area contributed by atoms with E-state index < -0.39 is 5.60 Å². The zero-order valence-electron chi connectivity index (χ0n) is 14.0. The van der Waals surface area contributed by atoms with Crippen LogP contribution >= 0.6 is 0 Å². The summed E-state index contributed by atoms with van der Waals surface area (Å²) in [6, 6.07) is 1.07. The number of hydrogen-bond donors (Lipinski definition) is 2. The predicted molar refractivity (Wildman–Crippen MR) is 85.7 cm³/mol. The van der Waals surface area contributed by atoms with Crippen LogP contribution in [0.4, 0.5) is 4.79 Å². The van der Waals surface area contributed by atoms with Gasteiger partial charge in [0.05, 0.1) is 6.33 Å². The Kier molecular flexibility index (Phi) is 5.45. The molecular formula is C16H28N4O2. The average Bonchev–Trinajstić information content (AvgIpc) is 3.04. The first-order valence-electron chi connectivity index (χ1n) is 8.05. The third-order valence-corrected chi connectivity index (χ3v) is 3.84. The van der Waals surface area contributed by atoms with Crippen molar-refractivity contribution in [3.63, 3.8) is 0 Å². The zero-order chi connectivity index (χ0) is 16.2. The molecule has 1 saturated carbocycles. The van der Waals surface area contributed by atoms with Gasteiger partial charge in [-0.2, -0.15) is 0 Å². The Morgan fingerprint density at radius 1 is 1.45 bits per heavy atom. The number of nitrogens with zero attached hydrogens (tertiary/aromatic N) is 2. The Morgan fingerprint density at radius 3 is 2.86 bits per heavy atom. The van der Waals surface area contributed by atoms with Crippen molar-refractivity contribution in [2.24, 2.45) is 0 Å². The Balaban J connectivity index is 1.77. The van der Waals surface area contributed by atoms with Crippen molar-refractivity contribution in [3.05, 3.63) is 18.7 Å². The van der Waals surface area contributed by atoms with Gasteiger partial charge in [-0.25, -0.2) is 9.78 Å². The van der Waals surface area contributed by atoms with Gasteiger partial charge in [0.15, 0.2) is 0 Å². The van der Waals surface area contributed by atoms with E-state index in [1.807, 2.05) is 39.5 Å². The topological polar surface area (TPSA) is 68.2 Å². The molecule has 124 valence electrons. The fourth-order valence-corrected chi connectivity index (χ4v) is 2.93. The second-order valence-corrected chi connectivity index (χ2v) is 7.07. The molecule has 1 heterocycles. The van der Waals surface area contributed by atoms with Crippen LogP contribution in [0.5, 0.6) is 0 Å². The van der Waals surface area contributed by atoms with Crippen LogP contribution < -0.4 is 10.6 Å². The van der Waals surface area contributed by atoms with Crippen molar-refractivity contribution in [2.45, 2.75) is 70.7 Å². The molecule has 0 spiro atoms. The van der Waals surface area contributed by atoms with Crippen LogP contribution in [0.3, 0.4) is 0 Å². The fourth-order valence-electron chi connectivity index (χ4n) is 2.93. The fraction of sp³-hybridized carbons (Fsp3) is 0.750. The van der Waals surface area contributed by atoms with E-state index in [9.17, 15) is 4.79 Å². The summed E-state index contributed by atoms with van der Waals surface area (Å²) in [5.74, 6) is 0. The van der Waals surface area contributed by atoms with Crippen LogP contribution in [0.15, 0.2) is 18.7 Å². The maximum Gasteiger partial charge on any atom is 0.407 e. The Morgan fingerprint density at radius 2 is 2.23 bits per heavy atom. The highest BCUT2D eigenvalue weighted by Crippen LogP contribution is 2.30. The van der Waals surface area contributed by atoms with Gasteiger partial charge in [0.2, 0.25) is 0 Å².